The van der Waals surface area contributed by atoms with Crippen LogP contribution in [0.15, 0.2) is 18.2 Å². The third-order valence-electron chi connectivity index (χ3n) is 2.64. The number of ether oxygens (including phenoxy) is 2. The zero-order chi connectivity index (χ0) is 15.1. The van der Waals surface area contributed by atoms with Crippen LogP contribution in [0.2, 0.25) is 5.02 Å². The van der Waals surface area contributed by atoms with Crippen molar-refractivity contribution in [1.29, 1.82) is 0 Å². The van der Waals surface area contributed by atoms with E-state index in [9.17, 15) is 4.79 Å². The fourth-order valence-corrected chi connectivity index (χ4v) is 1.78. The first-order chi connectivity index (χ1) is 9.43. The van der Waals surface area contributed by atoms with Gasteiger partial charge in [-0.2, -0.15) is 0 Å². The SMILES string of the molecule is CCOCC(C)OC(C)C(=O)Nc1cc(Cl)ccc1N. The summed E-state index contributed by atoms with van der Waals surface area (Å²) in [6.07, 6.45) is -0.767. The van der Waals surface area contributed by atoms with Gasteiger partial charge in [-0.15, -0.1) is 0 Å². The fourth-order valence-electron chi connectivity index (χ4n) is 1.60. The molecule has 1 amide bonds. The molecular weight excluding hydrogens is 280 g/mol. The highest BCUT2D eigenvalue weighted by Gasteiger charge is 2.17. The van der Waals surface area contributed by atoms with Crippen molar-refractivity contribution in [3.63, 3.8) is 0 Å². The molecule has 0 aromatic heterocycles. The quantitative estimate of drug-likeness (QED) is 0.759. The van der Waals surface area contributed by atoms with Crippen LogP contribution in [0, 0.1) is 0 Å². The summed E-state index contributed by atoms with van der Waals surface area (Å²) in [7, 11) is 0. The number of carbonyl (C=O) groups excluding carboxylic acids is 1. The second-order valence-electron chi connectivity index (χ2n) is 4.47. The first-order valence-electron chi connectivity index (χ1n) is 6.53. The molecule has 1 rings (SSSR count). The van der Waals surface area contributed by atoms with E-state index < -0.39 is 6.10 Å². The highest BCUT2D eigenvalue weighted by atomic mass is 35.5. The van der Waals surface area contributed by atoms with Gasteiger partial charge in [-0.1, -0.05) is 11.6 Å². The van der Waals surface area contributed by atoms with E-state index in [-0.39, 0.29) is 12.0 Å². The van der Waals surface area contributed by atoms with Crippen LogP contribution in [0.5, 0.6) is 0 Å². The van der Waals surface area contributed by atoms with E-state index in [4.69, 9.17) is 26.8 Å². The van der Waals surface area contributed by atoms with Crippen LogP contribution in [0.4, 0.5) is 11.4 Å². The molecule has 1 aromatic carbocycles. The Morgan fingerprint density at radius 2 is 2.15 bits per heavy atom. The molecule has 0 aliphatic rings. The van der Waals surface area contributed by atoms with Gasteiger partial charge in [-0.25, -0.2) is 0 Å². The van der Waals surface area contributed by atoms with Gasteiger partial charge in [0.1, 0.15) is 6.10 Å². The average molecular weight is 301 g/mol. The molecule has 2 atom stereocenters. The number of nitrogens with two attached hydrogens (primary N) is 1. The van der Waals surface area contributed by atoms with E-state index in [0.29, 0.717) is 29.6 Å². The van der Waals surface area contributed by atoms with Gasteiger partial charge in [0.2, 0.25) is 0 Å². The van der Waals surface area contributed by atoms with Crippen LogP contribution in [-0.2, 0) is 14.3 Å². The summed E-state index contributed by atoms with van der Waals surface area (Å²) >= 11 is 5.87. The second kappa shape index (κ2) is 8.09. The molecule has 5 nitrogen and oxygen atoms in total. The van der Waals surface area contributed by atoms with Crippen molar-refractivity contribution in [2.45, 2.75) is 33.0 Å². The first kappa shape index (κ1) is 16.8. The first-order valence-corrected chi connectivity index (χ1v) is 6.91. The number of nitrogen functional groups attached to an aromatic ring is 1. The Morgan fingerprint density at radius 1 is 1.45 bits per heavy atom. The van der Waals surface area contributed by atoms with Crippen LogP contribution in [0.25, 0.3) is 0 Å². The molecule has 6 heteroatoms. The third-order valence-corrected chi connectivity index (χ3v) is 2.87. The number of hydrogen-bond acceptors (Lipinski definition) is 4. The molecule has 20 heavy (non-hydrogen) atoms. The van der Waals surface area contributed by atoms with E-state index in [1.54, 1.807) is 25.1 Å². The summed E-state index contributed by atoms with van der Waals surface area (Å²) in [5, 5.41) is 3.21. The van der Waals surface area contributed by atoms with Gasteiger partial charge >= 0.3 is 0 Å². The van der Waals surface area contributed by atoms with Crippen LogP contribution in [0.3, 0.4) is 0 Å². The van der Waals surface area contributed by atoms with Crippen molar-refractivity contribution in [2.24, 2.45) is 0 Å². The number of anilines is 2. The molecule has 3 N–H and O–H groups in total. The number of amides is 1. The number of nitrogens with one attached hydrogen (secondary N) is 1. The lowest BCUT2D eigenvalue weighted by atomic mass is 10.2. The Morgan fingerprint density at radius 3 is 2.80 bits per heavy atom. The van der Waals surface area contributed by atoms with Gasteiger partial charge in [-0.3, -0.25) is 4.79 Å². The summed E-state index contributed by atoms with van der Waals surface area (Å²) in [5.41, 5.74) is 6.71. The van der Waals surface area contributed by atoms with E-state index in [0.717, 1.165) is 0 Å². The monoisotopic (exact) mass is 300 g/mol. The van der Waals surface area contributed by atoms with E-state index in [2.05, 4.69) is 5.32 Å². The minimum Gasteiger partial charge on any atom is -0.397 e. The van der Waals surface area contributed by atoms with Crippen LogP contribution >= 0.6 is 11.6 Å². The van der Waals surface area contributed by atoms with E-state index >= 15 is 0 Å². The van der Waals surface area contributed by atoms with Crippen molar-refractivity contribution in [3.8, 4) is 0 Å². The maximum atomic E-state index is 12.0. The molecule has 0 radical (unpaired) electrons. The minimum absolute atomic E-state index is 0.160. The normalized spacial score (nSPS) is 13.8. The maximum Gasteiger partial charge on any atom is 0.253 e. The largest absolute Gasteiger partial charge is 0.397 e. The maximum absolute atomic E-state index is 12.0. The zero-order valence-electron chi connectivity index (χ0n) is 12.0. The molecular formula is C14H21ClN2O3. The highest BCUT2D eigenvalue weighted by Crippen LogP contribution is 2.23. The zero-order valence-corrected chi connectivity index (χ0v) is 12.7. The minimum atomic E-state index is -0.608. The smallest absolute Gasteiger partial charge is 0.253 e. The molecule has 0 saturated carbocycles. The van der Waals surface area contributed by atoms with Crippen molar-refractivity contribution >= 4 is 28.9 Å². The van der Waals surface area contributed by atoms with Crippen LogP contribution in [-0.4, -0.2) is 31.3 Å². The third kappa shape index (κ3) is 5.36. The van der Waals surface area contributed by atoms with Crippen LogP contribution < -0.4 is 11.1 Å². The van der Waals surface area contributed by atoms with Crippen molar-refractivity contribution in [1.82, 2.24) is 0 Å². The summed E-state index contributed by atoms with van der Waals surface area (Å²) in [6, 6.07) is 4.91. The number of halogens is 1. The molecule has 0 aliphatic carbocycles. The van der Waals surface area contributed by atoms with Gasteiger partial charge in [-0.05, 0) is 39.0 Å². The van der Waals surface area contributed by atoms with Crippen molar-refractivity contribution in [3.05, 3.63) is 23.2 Å². The molecule has 0 fully saturated rings. The predicted octanol–water partition coefficient (Wildman–Crippen LogP) is 2.69. The standard InChI is InChI=1S/C14H21ClN2O3/c1-4-19-8-9(2)20-10(3)14(18)17-13-7-11(15)5-6-12(13)16/h5-7,9-10H,4,8,16H2,1-3H3,(H,17,18). The molecule has 0 spiro atoms. The average Bonchev–Trinajstić information content (AvgIpc) is 2.40. The Labute approximate surface area is 124 Å². The Kier molecular flexibility index (Phi) is 6.78. The number of benzene rings is 1. The van der Waals surface area contributed by atoms with Gasteiger partial charge < -0.3 is 20.5 Å². The van der Waals surface area contributed by atoms with Crippen LogP contribution in [0.1, 0.15) is 20.8 Å². The lowest BCUT2D eigenvalue weighted by Gasteiger charge is -2.19. The van der Waals surface area contributed by atoms with Gasteiger partial charge in [0, 0.05) is 11.6 Å². The summed E-state index contributed by atoms with van der Waals surface area (Å²) in [4.78, 5) is 12.0. The van der Waals surface area contributed by atoms with Gasteiger partial charge in [0.05, 0.1) is 24.1 Å². The molecule has 0 bridgehead atoms. The van der Waals surface area contributed by atoms with E-state index in [1.165, 1.54) is 0 Å². The van der Waals surface area contributed by atoms with Gasteiger partial charge in [0.15, 0.2) is 0 Å². The Bertz CT molecular complexity index is 454. The topological polar surface area (TPSA) is 73.6 Å². The van der Waals surface area contributed by atoms with E-state index in [1.807, 2.05) is 13.8 Å². The fraction of sp³-hybridized carbons (Fsp3) is 0.500. The molecule has 0 heterocycles. The number of hydrogen-bond donors (Lipinski definition) is 2. The second-order valence-corrected chi connectivity index (χ2v) is 4.91. The highest BCUT2D eigenvalue weighted by molar-refractivity contribution is 6.31. The number of carbonyl (C=O) groups is 1. The van der Waals surface area contributed by atoms with Gasteiger partial charge in [0.25, 0.3) is 5.91 Å². The Hall–Kier alpha value is -1.30. The Balaban J connectivity index is 2.55. The molecule has 1 aromatic rings. The lowest BCUT2D eigenvalue weighted by molar-refractivity contribution is -0.131. The molecule has 112 valence electrons. The predicted molar refractivity (Wildman–Crippen MR) is 81.0 cm³/mol. The van der Waals surface area contributed by atoms with Crippen molar-refractivity contribution < 1.29 is 14.3 Å². The van der Waals surface area contributed by atoms with Crippen molar-refractivity contribution in [2.75, 3.05) is 24.3 Å². The molecule has 2 unspecified atom stereocenters. The molecule has 0 saturated heterocycles. The summed E-state index contributed by atoms with van der Waals surface area (Å²) < 4.78 is 10.8. The summed E-state index contributed by atoms with van der Waals surface area (Å²) in [6.45, 7) is 6.51. The number of rotatable bonds is 7. The molecule has 0 aliphatic heterocycles. The summed E-state index contributed by atoms with van der Waals surface area (Å²) in [5.74, 6) is -0.276. The lowest BCUT2D eigenvalue weighted by Crippen LogP contribution is -2.32.